The van der Waals surface area contributed by atoms with Gasteiger partial charge in [-0.25, -0.2) is 4.98 Å². The molecule has 0 unspecified atom stereocenters. The van der Waals surface area contributed by atoms with Crippen molar-refractivity contribution in [1.82, 2.24) is 9.55 Å². The quantitative estimate of drug-likeness (QED) is 0.775. The fourth-order valence-electron chi connectivity index (χ4n) is 2.13. The van der Waals surface area contributed by atoms with Crippen LogP contribution in [0.1, 0.15) is 38.8 Å². The summed E-state index contributed by atoms with van der Waals surface area (Å²) in [5.74, 6) is 1.82. The van der Waals surface area contributed by atoms with Crippen LogP contribution in [0.3, 0.4) is 0 Å². The summed E-state index contributed by atoms with van der Waals surface area (Å²) < 4.78 is 7.77. The zero-order chi connectivity index (χ0) is 15.1. The van der Waals surface area contributed by atoms with Gasteiger partial charge in [0.15, 0.2) is 0 Å². The Balaban J connectivity index is 2.03. The molecule has 0 spiro atoms. The monoisotopic (exact) mass is 287 g/mol. The molecule has 2 rings (SSSR count). The van der Waals surface area contributed by atoms with Gasteiger partial charge >= 0.3 is 0 Å². The van der Waals surface area contributed by atoms with Gasteiger partial charge in [0.1, 0.15) is 5.75 Å². The standard InChI is InChI=1S/C17H25N3O/c1-4-6-11-20-13-14(3)18-17(20)19-15-7-9-16(10-8-15)21-12-5-2/h7-10,13H,4-6,11-12H2,1-3H3,(H,18,19). The van der Waals surface area contributed by atoms with Gasteiger partial charge in [-0.15, -0.1) is 0 Å². The van der Waals surface area contributed by atoms with Crippen LogP contribution in [-0.2, 0) is 6.54 Å². The Bertz CT molecular complexity index is 546. The lowest BCUT2D eigenvalue weighted by Gasteiger charge is -2.10. The number of benzene rings is 1. The highest BCUT2D eigenvalue weighted by molar-refractivity contribution is 5.55. The molecule has 0 aliphatic rings. The summed E-state index contributed by atoms with van der Waals surface area (Å²) in [7, 11) is 0. The molecule has 0 amide bonds. The second-order valence-electron chi connectivity index (χ2n) is 5.25. The number of unbranched alkanes of at least 4 members (excludes halogenated alkanes) is 1. The minimum absolute atomic E-state index is 0.757. The lowest BCUT2D eigenvalue weighted by Crippen LogP contribution is -2.03. The molecular formula is C17H25N3O. The molecule has 21 heavy (non-hydrogen) atoms. The number of aromatic nitrogens is 2. The third-order valence-corrected chi connectivity index (χ3v) is 3.23. The molecule has 4 nitrogen and oxygen atoms in total. The van der Waals surface area contributed by atoms with Gasteiger partial charge in [0.2, 0.25) is 5.95 Å². The van der Waals surface area contributed by atoms with Crippen LogP contribution < -0.4 is 10.1 Å². The summed E-state index contributed by atoms with van der Waals surface area (Å²) in [6.45, 7) is 8.08. The van der Waals surface area contributed by atoms with Crippen molar-refractivity contribution in [3.63, 3.8) is 0 Å². The first kappa shape index (κ1) is 15.4. The maximum Gasteiger partial charge on any atom is 0.207 e. The van der Waals surface area contributed by atoms with E-state index in [-0.39, 0.29) is 0 Å². The molecule has 1 aromatic carbocycles. The molecule has 0 saturated heterocycles. The van der Waals surface area contributed by atoms with Crippen molar-refractivity contribution in [3.8, 4) is 5.75 Å². The number of hydrogen-bond acceptors (Lipinski definition) is 3. The van der Waals surface area contributed by atoms with Gasteiger partial charge in [0.25, 0.3) is 0 Å². The first-order chi connectivity index (χ1) is 10.2. The highest BCUT2D eigenvalue weighted by Crippen LogP contribution is 2.20. The van der Waals surface area contributed by atoms with Crippen molar-refractivity contribution in [1.29, 1.82) is 0 Å². The number of rotatable bonds is 8. The molecule has 2 aromatic rings. The van der Waals surface area contributed by atoms with Crippen molar-refractivity contribution < 1.29 is 4.74 Å². The minimum Gasteiger partial charge on any atom is -0.494 e. The normalized spacial score (nSPS) is 10.6. The maximum absolute atomic E-state index is 5.59. The summed E-state index contributed by atoms with van der Waals surface area (Å²) in [6, 6.07) is 8.03. The van der Waals surface area contributed by atoms with E-state index < -0.39 is 0 Å². The predicted molar refractivity (Wildman–Crippen MR) is 87.4 cm³/mol. The Kier molecular flexibility index (Phi) is 5.67. The van der Waals surface area contributed by atoms with Crippen LogP contribution in [-0.4, -0.2) is 16.2 Å². The maximum atomic E-state index is 5.59. The summed E-state index contributed by atoms with van der Waals surface area (Å²) in [5, 5.41) is 3.38. The van der Waals surface area contributed by atoms with Gasteiger partial charge in [-0.3, -0.25) is 0 Å². The Morgan fingerprint density at radius 3 is 2.57 bits per heavy atom. The molecule has 4 heteroatoms. The topological polar surface area (TPSA) is 39.1 Å². The van der Waals surface area contributed by atoms with Crippen molar-refractivity contribution in [2.45, 2.75) is 46.6 Å². The predicted octanol–water partition coefficient (Wildman–Crippen LogP) is 4.52. The minimum atomic E-state index is 0.757. The van der Waals surface area contributed by atoms with Crippen molar-refractivity contribution >= 4 is 11.6 Å². The van der Waals surface area contributed by atoms with E-state index in [1.807, 2.05) is 31.2 Å². The van der Waals surface area contributed by atoms with Crippen LogP contribution in [0.25, 0.3) is 0 Å². The second-order valence-corrected chi connectivity index (χ2v) is 5.25. The van der Waals surface area contributed by atoms with Crippen molar-refractivity contribution in [3.05, 3.63) is 36.2 Å². The first-order valence-electron chi connectivity index (χ1n) is 7.76. The molecule has 0 atom stereocenters. The van der Waals surface area contributed by atoms with Gasteiger partial charge in [0.05, 0.1) is 12.3 Å². The summed E-state index contributed by atoms with van der Waals surface area (Å²) in [5.41, 5.74) is 2.07. The molecule has 0 fully saturated rings. The zero-order valence-electron chi connectivity index (χ0n) is 13.2. The summed E-state index contributed by atoms with van der Waals surface area (Å²) >= 11 is 0. The average Bonchev–Trinajstić information content (AvgIpc) is 2.84. The second kappa shape index (κ2) is 7.72. The molecule has 1 aromatic heterocycles. The number of imidazole rings is 1. The number of nitrogens with zero attached hydrogens (tertiary/aromatic N) is 2. The van der Waals surface area contributed by atoms with Crippen LogP contribution >= 0.6 is 0 Å². The fourth-order valence-corrected chi connectivity index (χ4v) is 2.13. The highest BCUT2D eigenvalue weighted by Gasteiger charge is 2.05. The van der Waals surface area contributed by atoms with Gasteiger partial charge in [-0.05, 0) is 44.0 Å². The lowest BCUT2D eigenvalue weighted by atomic mass is 10.3. The fraction of sp³-hybridized carbons (Fsp3) is 0.471. The number of ether oxygens (including phenoxy) is 1. The van der Waals surface area contributed by atoms with E-state index in [2.05, 4.69) is 34.9 Å². The Labute approximate surface area is 127 Å². The Hall–Kier alpha value is -1.97. The van der Waals surface area contributed by atoms with Crippen LogP contribution in [0.5, 0.6) is 5.75 Å². The van der Waals surface area contributed by atoms with Crippen LogP contribution in [0.2, 0.25) is 0 Å². The van der Waals surface area contributed by atoms with Gasteiger partial charge < -0.3 is 14.6 Å². The molecule has 114 valence electrons. The van der Waals surface area contributed by atoms with E-state index in [0.717, 1.165) is 49.1 Å². The Morgan fingerprint density at radius 1 is 1.14 bits per heavy atom. The molecule has 0 aliphatic heterocycles. The smallest absolute Gasteiger partial charge is 0.207 e. The zero-order valence-corrected chi connectivity index (χ0v) is 13.2. The van der Waals surface area contributed by atoms with E-state index in [4.69, 9.17) is 4.74 Å². The number of aryl methyl sites for hydroxylation is 2. The van der Waals surface area contributed by atoms with Crippen LogP contribution in [0.15, 0.2) is 30.5 Å². The van der Waals surface area contributed by atoms with Crippen LogP contribution in [0, 0.1) is 6.92 Å². The third-order valence-electron chi connectivity index (χ3n) is 3.23. The number of hydrogen-bond donors (Lipinski definition) is 1. The molecule has 0 saturated carbocycles. The van der Waals surface area contributed by atoms with Gasteiger partial charge in [-0.2, -0.15) is 0 Å². The lowest BCUT2D eigenvalue weighted by molar-refractivity contribution is 0.317. The Morgan fingerprint density at radius 2 is 1.90 bits per heavy atom. The number of anilines is 2. The van der Waals surface area contributed by atoms with E-state index in [9.17, 15) is 0 Å². The molecule has 1 heterocycles. The van der Waals surface area contributed by atoms with E-state index >= 15 is 0 Å². The molecule has 0 bridgehead atoms. The SMILES string of the molecule is CCCCn1cc(C)nc1Nc1ccc(OCCC)cc1. The van der Waals surface area contributed by atoms with E-state index in [1.165, 1.54) is 6.42 Å². The average molecular weight is 287 g/mol. The summed E-state index contributed by atoms with van der Waals surface area (Å²) in [6.07, 6.45) is 5.46. The highest BCUT2D eigenvalue weighted by atomic mass is 16.5. The number of nitrogens with one attached hydrogen (secondary N) is 1. The molecule has 0 radical (unpaired) electrons. The van der Waals surface area contributed by atoms with Crippen molar-refractivity contribution in [2.75, 3.05) is 11.9 Å². The molecule has 0 aliphatic carbocycles. The summed E-state index contributed by atoms with van der Waals surface area (Å²) in [4.78, 5) is 4.55. The van der Waals surface area contributed by atoms with E-state index in [1.54, 1.807) is 0 Å². The van der Waals surface area contributed by atoms with Gasteiger partial charge in [0, 0.05) is 18.4 Å². The van der Waals surface area contributed by atoms with E-state index in [0.29, 0.717) is 0 Å². The van der Waals surface area contributed by atoms with Crippen molar-refractivity contribution in [2.24, 2.45) is 0 Å². The first-order valence-corrected chi connectivity index (χ1v) is 7.76. The third kappa shape index (κ3) is 4.52. The largest absolute Gasteiger partial charge is 0.494 e. The molecular weight excluding hydrogens is 262 g/mol. The van der Waals surface area contributed by atoms with Gasteiger partial charge in [-0.1, -0.05) is 20.3 Å². The van der Waals surface area contributed by atoms with Crippen LogP contribution in [0.4, 0.5) is 11.6 Å². The molecule has 1 N–H and O–H groups in total.